The fourth-order valence-corrected chi connectivity index (χ4v) is 4.81. The van der Waals surface area contributed by atoms with Gasteiger partial charge in [0.1, 0.15) is 12.6 Å². The Balaban J connectivity index is 1.41. The Hall–Kier alpha value is -3.86. The van der Waals surface area contributed by atoms with Crippen molar-refractivity contribution in [2.24, 2.45) is 5.92 Å². The number of carboxylic acids is 1. The lowest BCUT2D eigenvalue weighted by Gasteiger charge is -2.24. The second kappa shape index (κ2) is 10.4. The van der Waals surface area contributed by atoms with Gasteiger partial charge in [-0.05, 0) is 41.5 Å². The molecule has 1 fully saturated rings. The van der Waals surface area contributed by atoms with E-state index in [9.17, 15) is 19.5 Å². The monoisotopic (exact) mass is 461 g/mol. The molecule has 0 saturated carbocycles. The number of nitrogens with zero attached hydrogens (tertiary/aromatic N) is 2. The maximum Gasteiger partial charge on any atom is 0.407 e. The third-order valence-electron chi connectivity index (χ3n) is 6.56. The van der Waals surface area contributed by atoms with Crippen molar-refractivity contribution in [2.45, 2.75) is 37.6 Å². The summed E-state index contributed by atoms with van der Waals surface area (Å²) in [5.41, 5.74) is 4.43. The molecule has 1 aliphatic heterocycles. The number of nitrogens with one attached hydrogen (secondary N) is 1. The lowest BCUT2D eigenvalue weighted by molar-refractivity contribution is -0.141. The van der Waals surface area contributed by atoms with Crippen LogP contribution in [0.25, 0.3) is 11.1 Å². The Morgan fingerprint density at radius 2 is 1.76 bits per heavy atom. The van der Waals surface area contributed by atoms with E-state index in [1.54, 1.807) is 0 Å². The summed E-state index contributed by atoms with van der Waals surface area (Å²) in [5, 5.41) is 20.7. The number of alkyl carbamates (subject to hydrolysis) is 1. The van der Waals surface area contributed by atoms with Gasteiger partial charge < -0.3 is 20.1 Å². The third kappa shape index (κ3) is 4.88. The normalized spacial score (nSPS) is 17.4. The molecule has 4 rings (SSSR count). The topological polar surface area (TPSA) is 120 Å². The minimum atomic E-state index is -0.930. The van der Waals surface area contributed by atoms with Crippen molar-refractivity contribution in [1.29, 1.82) is 5.26 Å². The molecule has 1 saturated heterocycles. The molecule has 2 N–H and O–H groups in total. The van der Waals surface area contributed by atoms with Gasteiger partial charge in [-0.1, -0.05) is 48.5 Å². The molecular weight excluding hydrogens is 434 g/mol. The number of fused-ring (bicyclic) bond motifs is 3. The summed E-state index contributed by atoms with van der Waals surface area (Å²) in [4.78, 5) is 38.4. The first-order chi connectivity index (χ1) is 16.5. The van der Waals surface area contributed by atoms with E-state index in [-0.39, 0.29) is 37.8 Å². The van der Waals surface area contributed by atoms with Crippen LogP contribution >= 0.6 is 0 Å². The number of hydrogen-bond acceptors (Lipinski definition) is 5. The summed E-state index contributed by atoms with van der Waals surface area (Å²) < 4.78 is 5.57. The maximum atomic E-state index is 13.0. The van der Waals surface area contributed by atoms with Gasteiger partial charge in [-0.3, -0.25) is 9.59 Å². The minimum Gasteiger partial charge on any atom is -0.481 e. The second-order valence-electron chi connectivity index (χ2n) is 8.68. The molecule has 2 atom stereocenters. The number of rotatable bonds is 8. The van der Waals surface area contributed by atoms with E-state index < -0.39 is 24.0 Å². The van der Waals surface area contributed by atoms with Gasteiger partial charge in [0, 0.05) is 25.4 Å². The van der Waals surface area contributed by atoms with Gasteiger partial charge in [0.2, 0.25) is 5.91 Å². The molecule has 2 aromatic rings. The number of nitriles is 1. The van der Waals surface area contributed by atoms with Crippen LogP contribution in [0.1, 0.15) is 42.7 Å². The van der Waals surface area contributed by atoms with E-state index in [4.69, 9.17) is 10.00 Å². The number of hydrogen-bond donors (Lipinski definition) is 2. The summed E-state index contributed by atoms with van der Waals surface area (Å²) in [5.74, 6) is -1.96. The molecule has 8 heteroatoms. The van der Waals surface area contributed by atoms with Crippen LogP contribution in [0.2, 0.25) is 0 Å². The summed E-state index contributed by atoms with van der Waals surface area (Å²) in [6.45, 7) is 0.579. The molecule has 1 heterocycles. The Morgan fingerprint density at radius 3 is 2.35 bits per heavy atom. The Morgan fingerprint density at radius 1 is 1.12 bits per heavy atom. The van der Waals surface area contributed by atoms with E-state index >= 15 is 0 Å². The quantitative estimate of drug-likeness (QED) is 0.581. The van der Waals surface area contributed by atoms with Gasteiger partial charge in [0.15, 0.2) is 0 Å². The van der Waals surface area contributed by atoms with Crippen LogP contribution < -0.4 is 5.32 Å². The largest absolute Gasteiger partial charge is 0.481 e. The van der Waals surface area contributed by atoms with Gasteiger partial charge in [0.25, 0.3) is 0 Å². The van der Waals surface area contributed by atoms with Gasteiger partial charge in [-0.25, -0.2) is 4.79 Å². The first kappa shape index (κ1) is 23.3. The van der Waals surface area contributed by atoms with Crippen molar-refractivity contribution in [3.8, 4) is 17.2 Å². The smallest absolute Gasteiger partial charge is 0.407 e. The number of aliphatic carboxylic acids is 1. The van der Waals surface area contributed by atoms with Crippen molar-refractivity contribution in [3.63, 3.8) is 0 Å². The number of ether oxygens (including phenoxy) is 1. The number of unbranched alkanes of at least 4 members (excludes halogenated alkanes) is 1. The van der Waals surface area contributed by atoms with Crippen molar-refractivity contribution in [3.05, 3.63) is 59.7 Å². The van der Waals surface area contributed by atoms with Crippen molar-refractivity contribution in [1.82, 2.24) is 10.2 Å². The average Bonchev–Trinajstić information content (AvgIpc) is 3.46. The molecule has 176 valence electrons. The fraction of sp³-hybridized carbons (Fsp3) is 0.385. The summed E-state index contributed by atoms with van der Waals surface area (Å²) in [6, 6.07) is 17.2. The van der Waals surface area contributed by atoms with Crippen molar-refractivity contribution >= 4 is 18.0 Å². The number of benzene rings is 2. The predicted octanol–water partition coefficient (Wildman–Crippen LogP) is 3.52. The van der Waals surface area contributed by atoms with Crippen LogP contribution in [0, 0.1) is 17.2 Å². The van der Waals surface area contributed by atoms with Gasteiger partial charge in [-0.2, -0.15) is 5.26 Å². The lowest BCUT2D eigenvalue weighted by atomic mass is 9.98. The second-order valence-corrected chi connectivity index (χ2v) is 8.68. The van der Waals surface area contributed by atoms with E-state index in [0.29, 0.717) is 19.4 Å². The standard InChI is InChI=1S/C26H27N3O5/c27-13-6-5-11-23(24(30)29-14-12-17(15-29)25(31)32)28-26(33)34-16-22-20-9-3-1-7-18(20)19-8-2-4-10-21(19)22/h1-4,7-10,17,22-23H,5-6,11-12,14-16H2,(H,28,33)(H,31,32). The Kier molecular flexibility index (Phi) is 7.12. The molecule has 2 amide bonds. The highest BCUT2D eigenvalue weighted by molar-refractivity contribution is 5.86. The highest BCUT2D eigenvalue weighted by Gasteiger charge is 2.35. The van der Waals surface area contributed by atoms with Gasteiger partial charge in [0.05, 0.1) is 12.0 Å². The third-order valence-corrected chi connectivity index (χ3v) is 6.56. The number of carbonyl (C=O) groups is 3. The zero-order valence-corrected chi connectivity index (χ0v) is 18.8. The Labute approximate surface area is 198 Å². The zero-order valence-electron chi connectivity index (χ0n) is 18.8. The lowest BCUT2D eigenvalue weighted by Crippen LogP contribution is -2.48. The summed E-state index contributed by atoms with van der Waals surface area (Å²) in [6.07, 6.45) is 0.661. The molecule has 8 nitrogen and oxygen atoms in total. The highest BCUT2D eigenvalue weighted by Crippen LogP contribution is 2.44. The fourth-order valence-electron chi connectivity index (χ4n) is 4.81. The molecule has 0 radical (unpaired) electrons. The maximum absolute atomic E-state index is 13.0. The number of carbonyl (C=O) groups excluding carboxylic acids is 2. The van der Waals surface area contributed by atoms with Crippen molar-refractivity contribution in [2.75, 3.05) is 19.7 Å². The SMILES string of the molecule is N#CCCCC(NC(=O)OCC1c2ccccc2-c2ccccc21)C(=O)N1CCC(C(=O)O)C1. The molecule has 0 bridgehead atoms. The van der Waals surface area contributed by atoms with E-state index in [1.807, 2.05) is 42.5 Å². The van der Waals surface area contributed by atoms with Crippen LogP contribution in [0.5, 0.6) is 0 Å². The molecular formula is C26H27N3O5. The number of carboxylic acid groups (broad SMARTS) is 1. The van der Waals surface area contributed by atoms with Crippen LogP contribution in [-0.4, -0.2) is 53.7 Å². The minimum absolute atomic E-state index is 0.0965. The van der Waals surface area contributed by atoms with E-state index in [1.165, 1.54) is 4.90 Å². The Bertz CT molecular complexity index is 1080. The molecule has 34 heavy (non-hydrogen) atoms. The molecule has 2 unspecified atom stereocenters. The van der Waals surface area contributed by atoms with Crippen LogP contribution in [0.3, 0.4) is 0 Å². The van der Waals surface area contributed by atoms with Crippen LogP contribution in [0.4, 0.5) is 4.79 Å². The van der Waals surface area contributed by atoms with Gasteiger partial charge in [-0.15, -0.1) is 0 Å². The number of likely N-dealkylation sites (tertiary alicyclic amines) is 1. The van der Waals surface area contributed by atoms with E-state index in [0.717, 1.165) is 22.3 Å². The van der Waals surface area contributed by atoms with Gasteiger partial charge >= 0.3 is 12.1 Å². The first-order valence-corrected chi connectivity index (χ1v) is 11.5. The van der Waals surface area contributed by atoms with Crippen molar-refractivity contribution < 1.29 is 24.2 Å². The molecule has 1 aliphatic carbocycles. The molecule has 0 aromatic heterocycles. The van der Waals surface area contributed by atoms with Crippen LogP contribution in [-0.2, 0) is 14.3 Å². The number of amides is 2. The van der Waals surface area contributed by atoms with E-state index in [2.05, 4.69) is 17.4 Å². The highest BCUT2D eigenvalue weighted by atomic mass is 16.5. The average molecular weight is 462 g/mol. The molecule has 0 spiro atoms. The molecule has 2 aromatic carbocycles. The van der Waals surface area contributed by atoms with Crippen LogP contribution in [0.15, 0.2) is 48.5 Å². The molecule has 2 aliphatic rings. The summed E-state index contributed by atoms with van der Waals surface area (Å²) >= 11 is 0. The first-order valence-electron chi connectivity index (χ1n) is 11.5. The zero-order chi connectivity index (χ0) is 24.1. The predicted molar refractivity (Wildman–Crippen MR) is 124 cm³/mol. The summed E-state index contributed by atoms with van der Waals surface area (Å²) in [7, 11) is 0.